The number of aliphatic hydroxyl groups excluding tert-OH is 1. The van der Waals surface area contributed by atoms with Gasteiger partial charge in [-0.3, -0.25) is 24.3 Å². The van der Waals surface area contributed by atoms with E-state index >= 15 is 0 Å². The second kappa shape index (κ2) is 13.6. The van der Waals surface area contributed by atoms with E-state index in [0.29, 0.717) is 17.1 Å². The molecule has 0 spiro atoms. The molecule has 1 aliphatic heterocycles. The highest BCUT2D eigenvalue weighted by molar-refractivity contribution is 5.87. The number of quaternary nitrogens is 1. The number of aliphatic hydroxyl groups is 1. The zero-order chi connectivity index (χ0) is 28.4. The van der Waals surface area contributed by atoms with E-state index in [1.165, 1.54) is 41.5 Å². The van der Waals surface area contributed by atoms with Crippen LogP contribution in [-0.4, -0.2) is 84.0 Å². The Morgan fingerprint density at radius 1 is 1.08 bits per heavy atom. The number of anilines is 1. The first-order valence-corrected chi connectivity index (χ1v) is 11.9. The zero-order valence-electron chi connectivity index (χ0n) is 21.1. The van der Waals surface area contributed by atoms with E-state index < -0.39 is 23.2 Å². The van der Waals surface area contributed by atoms with Gasteiger partial charge < -0.3 is 34.9 Å². The third-order valence-corrected chi connectivity index (χ3v) is 5.61. The number of H-pyrrole nitrogens is 1. The predicted octanol–water partition coefficient (Wildman–Crippen LogP) is -2.98. The van der Waals surface area contributed by atoms with E-state index in [2.05, 4.69) is 30.2 Å². The van der Waals surface area contributed by atoms with Gasteiger partial charge in [-0.05, 0) is 18.2 Å². The summed E-state index contributed by atoms with van der Waals surface area (Å²) < 4.78 is 3.02. The van der Waals surface area contributed by atoms with Gasteiger partial charge in [0.25, 0.3) is 5.56 Å². The van der Waals surface area contributed by atoms with E-state index in [0.717, 1.165) is 26.2 Å². The van der Waals surface area contributed by atoms with Crippen LogP contribution in [0.2, 0.25) is 0 Å². The molecule has 4 aromatic rings. The number of carbonyl (C=O) groups is 2. The largest absolute Gasteiger partial charge is 0.545 e. The highest BCUT2D eigenvalue weighted by atomic mass is 16.4. The first-order valence-electron chi connectivity index (χ1n) is 11.9. The van der Waals surface area contributed by atoms with Gasteiger partial charge in [-0.15, -0.1) is 0 Å². The number of rotatable bonds is 5. The van der Waals surface area contributed by atoms with E-state index in [-0.39, 0.29) is 24.3 Å². The lowest BCUT2D eigenvalue weighted by molar-refractivity contribution is -0.655. The molecule has 0 radical (unpaired) electrons. The van der Waals surface area contributed by atoms with Gasteiger partial charge in [0.1, 0.15) is 0 Å². The van der Waals surface area contributed by atoms with Crippen molar-refractivity contribution in [3.8, 4) is 0 Å². The fourth-order valence-corrected chi connectivity index (χ4v) is 3.70. The maximum absolute atomic E-state index is 12.1. The number of carboxylic acid groups (broad SMARTS) is 2. The number of fused-ring (bicyclic) bond motifs is 1. The van der Waals surface area contributed by atoms with Crippen LogP contribution in [0.25, 0.3) is 11.2 Å². The summed E-state index contributed by atoms with van der Waals surface area (Å²) in [6.07, 6.45) is 5.59. The van der Waals surface area contributed by atoms with Crippen LogP contribution in [-0.2, 0) is 13.6 Å². The van der Waals surface area contributed by atoms with Gasteiger partial charge in [0.05, 0.1) is 44.3 Å². The average Bonchev–Trinajstić information content (AvgIpc) is 3.34. The third kappa shape index (κ3) is 7.33. The summed E-state index contributed by atoms with van der Waals surface area (Å²) in [6, 6.07) is 6.06. The topological polar surface area (TPSA) is 216 Å². The number of nitrogens with two attached hydrogens (primary N) is 1. The number of imidazole rings is 1. The normalized spacial score (nSPS) is 12.6. The van der Waals surface area contributed by atoms with E-state index in [9.17, 15) is 29.4 Å². The molecule has 1 saturated heterocycles. The molecule has 39 heavy (non-hydrogen) atoms. The molecule has 0 aliphatic carbocycles. The van der Waals surface area contributed by atoms with Crippen LogP contribution in [0.3, 0.4) is 0 Å². The Morgan fingerprint density at radius 3 is 2.15 bits per heavy atom. The van der Waals surface area contributed by atoms with Gasteiger partial charge in [-0.25, -0.2) is 9.59 Å². The SMILES string of the molecule is Cn1c(=O)[nH]c(=O)c2c1nc(N1CC[NH2+]CC1)n2CCO.O=C(O)c1cccnc1.O=C([O-])c1cccnc1. The summed E-state index contributed by atoms with van der Waals surface area (Å²) >= 11 is 0. The molecule has 0 atom stereocenters. The molecule has 0 amide bonds. The van der Waals surface area contributed by atoms with Crippen LogP contribution in [0, 0.1) is 0 Å². The Bertz CT molecular complexity index is 1460. The number of carboxylic acids is 2. The molecule has 0 saturated carbocycles. The number of hydrogen-bond donors (Lipinski definition) is 4. The molecule has 0 bridgehead atoms. The van der Waals surface area contributed by atoms with Gasteiger partial charge in [-0.2, -0.15) is 4.98 Å². The molecule has 1 fully saturated rings. The predicted molar refractivity (Wildman–Crippen MR) is 136 cm³/mol. The molecular weight excluding hydrogens is 512 g/mol. The number of pyridine rings is 2. The molecule has 1 aliphatic rings. The first kappa shape index (κ1) is 28.7. The van der Waals surface area contributed by atoms with Crippen molar-refractivity contribution < 1.29 is 30.2 Å². The van der Waals surface area contributed by atoms with Crippen molar-refractivity contribution in [1.82, 2.24) is 29.1 Å². The van der Waals surface area contributed by atoms with Crippen LogP contribution in [0.5, 0.6) is 0 Å². The highest BCUT2D eigenvalue weighted by Crippen LogP contribution is 2.19. The summed E-state index contributed by atoms with van der Waals surface area (Å²) in [4.78, 5) is 60.1. The van der Waals surface area contributed by atoms with Crippen LogP contribution < -0.4 is 26.6 Å². The number of aromatic nitrogens is 6. The van der Waals surface area contributed by atoms with Crippen LogP contribution in [0.4, 0.5) is 5.95 Å². The smallest absolute Gasteiger partial charge is 0.337 e. The Morgan fingerprint density at radius 2 is 1.69 bits per heavy atom. The third-order valence-electron chi connectivity index (χ3n) is 5.61. The zero-order valence-corrected chi connectivity index (χ0v) is 21.1. The molecule has 206 valence electrons. The number of aromatic carboxylic acids is 2. The lowest BCUT2D eigenvalue weighted by atomic mass is 10.3. The Hall–Kier alpha value is -4.89. The molecule has 15 nitrogen and oxygen atoms in total. The standard InChI is InChI=1S/C12H18N6O3.2C6H5NO2/c1-16-9-8(10(20)15-12(16)21)18(6-7-19)11(14-9)17-4-2-13-3-5-17;2*8-6(9)5-2-1-3-7-4-5/h13,19H,2-7H2,1H3,(H,15,20,21);2*1-4H,(H,8,9). The highest BCUT2D eigenvalue weighted by Gasteiger charge is 2.23. The van der Waals surface area contributed by atoms with Crippen LogP contribution in [0.1, 0.15) is 20.7 Å². The minimum Gasteiger partial charge on any atom is -0.545 e. The van der Waals surface area contributed by atoms with Gasteiger partial charge in [-0.1, -0.05) is 6.07 Å². The van der Waals surface area contributed by atoms with E-state index in [1.807, 2.05) is 0 Å². The lowest BCUT2D eigenvalue weighted by Crippen LogP contribution is -2.89. The number of nitrogens with one attached hydrogen (secondary N) is 1. The molecule has 5 N–H and O–H groups in total. The molecule has 0 unspecified atom stereocenters. The number of piperazine rings is 1. The maximum Gasteiger partial charge on any atom is 0.337 e. The second-order valence-electron chi connectivity index (χ2n) is 8.21. The van der Waals surface area contributed by atoms with Crippen molar-refractivity contribution in [3.05, 3.63) is 81.0 Å². The lowest BCUT2D eigenvalue weighted by Gasteiger charge is -2.26. The van der Waals surface area contributed by atoms with Crippen molar-refractivity contribution in [2.75, 3.05) is 37.7 Å². The van der Waals surface area contributed by atoms with Crippen molar-refractivity contribution in [3.63, 3.8) is 0 Å². The summed E-state index contributed by atoms with van der Waals surface area (Å²) in [5, 5.41) is 29.9. The Kier molecular flexibility index (Phi) is 10.00. The van der Waals surface area contributed by atoms with Gasteiger partial charge >= 0.3 is 11.7 Å². The molecule has 5 rings (SSSR count). The molecule has 5 heterocycles. The average molecular weight is 541 g/mol. The van der Waals surface area contributed by atoms with Crippen molar-refractivity contribution in [2.45, 2.75) is 6.54 Å². The summed E-state index contributed by atoms with van der Waals surface area (Å²) in [5.74, 6) is -1.50. The number of aromatic amines is 1. The fraction of sp³-hybridized carbons (Fsp3) is 0.292. The van der Waals surface area contributed by atoms with Crippen LogP contribution >= 0.6 is 0 Å². The molecule has 4 aromatic heterocycles. The number of aryl methyl sites for hydroxylation is 1. The molecule has 0 aromatic carbocycles. The summed E-state index contributed by atoms with van der Waals surface area (Å²) in [5.41, 5.74) is 0.0519. The number of carbonyl (C=O) groups excluding carboxylic acids is 1. The number of hydrogen-bond acceptors (Lipinski definition) is 10. The van der Waals surface area contributed by atoms with E-state index in [1.54, 1.807) is 23.7 Å². The minimum atomic E-state index is -1.19. The van der Waals surface area contributed by atoms with Gasteiger partial charge in [0.2, 0.25) is 5.95 Å². The van der Waals surface area contributed by atoms with Gasteiger partial charge in [0.15, 0.2) is 11.2 Å². The molecular formula is C24H28N8O7. The second-order valence-corrected chi connectivity index (χ2v) is 8.21. The van der Waals surface area contributed by atoms with Crippen molar-refractivity contribution in [2.24, 2.45) is 7.05 Å². The summed E-state index contributed by atoms with van der Waals surface area (Å²) in [7, 11) is 1.57. The number of nitrogens with zero attached hydrogens (tertiary/aromatic N) is 6. The first-order chi connectivity index (χ1) is 18.7. The Balaban J connectivity index is 0.000000192. The Labute approximate surface area is 221 Å². The summed E-state index contributed by atoms with van der Waals surface area (Å²) in [6.45, 7) is 3.73. The quantitative estimate of drug-likeness (QED) is 0.200. The minimum absolute atomic E-state index is 0.0965. The van der Waals surface area contributed by atoms with E-state index in [4.69, 9.17) is 5.11 Å². The van der Waals surface area contributed by atoms with Crippen molar-refractivity contribution in [1.29, 1.82) is 0 Å². The van der Waals surface area contributed by atoms with Gasteiger partial charge in [0, 0.05) is 43.9 Å². The fourth-order valence-electron chi connectivity index (χ4n) is 3.70. The monoisotopic (exact) mass is 540 g/mol. The van der Waals surface area contributed by atoms with Crippen LogP contribution in [0.15, 0.2) is 58.6 Å². The maximum atomic E-state index is 12.1. The van der Waals surface area contributed by atoms with Crippen molar-refractivity contribution >= 4 is 29.1 Å². The molecule has 15 heteroatoms.